The molecule has 0 saturated heterocycles. The lowest BCUT2D eigenvalue weighted by molar-refractivity contribution is -0.112. The third kappa shape index (κ3) is 6.63. The van der Waals surface area contributed by atoms with Gasteiger partial charge in [-0.3, -0.25) is 4.79 Å². The maximum Gasteiger partial charge on any atom is 0.337 e. The molecule has 0 fully saturated rings. The molecule has 3 aromatic carbocycles. The van der Waals surface area contributed by atoms with Crippen molar-refractivity contribution in [1.29, 1.82) is 5.26 Å². The van der Waals surface area contributed by atoms with E-state index < -0.39 is 11.9 Å². The lowest BCUT2D eigenvalue weighted by Crippen LogP contribution is -2.16. The maximum atomic E-state index is 12.7. The number of hydrogen-bond donors (Lipinski definition) is 2. The highest BCUT2D eigenvalue weighted by atomic mass is 79.9. The number of benzene rings is 3. The number of carboxylic acid groups (broad SMARTS) is 1. The van der Waals surface area contributed by atoms with E-state index in [-0.39, 0.29) is 23.4 Å². The largest absolute Gasteiger partial charge is 0.490 e. The molecule has 9 heteroatoms. The van der Waals surface area contributed by atoms with Gasteiger partial charge in [-0.1, -0.05) is 41.9 Å². The summed E-state index contributed by atoms with van der Waals surface area (Å²) in [7, 11) is 0. The van der Waals surface area contributed by atoms with Crippen LogP contribution in [0.15, 0.2) is 70.7 Å². The van der Waals surface area contributed by atoms with Crippen LogP contribution in [0.25, 0.3) is 6.08 Å². The first-order valence-electron chi connectivity index (χ1n) is 10.4. The van der Waals surface area contributed by atoms with Crippen molar-refractivity contribution < 1.29 is 24.2 Å². The molecule has 0 bridgehead atoms. The van der Waals surface area contributed by atoms with Crippen molar-refractivity contribution >= 4 is 51.2 Å². The van der Waals surface area contributed by atoms with Crippen LogP contribution in [-0.4, -0.2) is 23.6 Å². The first-order chi connectivity index (χ1) is 16.8. The van der Waals surface area contributed by atoms with Crippen LogP contribution in [0, 0.1) is 11.3 Å². The molecular formula is C26H20BrClN2O5. The standard InChI is InChI=1S/C26H20BrClN2O5/c1-2-34-23-13-16(12-20(27)24(23)35-15-17-7-3-5-9-21(17)28)11-18(14-29)25(31)30-22-10-6-4-8-19(22)26(32)33/h3-13H,2,15H2,1H3,(H,30,31)(H,32,33)/b18-11+. The molecule has 0 aliphatic heterocycles. The fourth-order valence-corrected chi connectivity index (χ4v) is 3.89. The molecule has 0 radical (unpaired) electrons. The molecule has 0 spiro atoms. The number of anilines is 1. The van der Waals surface area contributed by atoms with Crippen molar-refractivity contribution in [3.63, 3.8) is 0 Å². The van der Waals surface area contributed by atoms with Crippen molar-refractivity contribution in [3.8, 4) is 17.6 Å². The number of halogens is 2. The first-order valence-corrected chi connectivity index (χ1v) is 11.6. The number of nitrogens with zero attached hydrogens (tertiary/aromatic N) is 1. The topological polar surface area (TPSA) is 109 Å². The number of para-hydroxylation sites is 1. The van der Waals surface area contributed by atoms with E-state index in [1.807, 2.05) is 31.2 Å². The second kappa shape index (κ2) is 12.1. The Hall–Kier alpha value is -3.80. The van der Waals surface area contributed by atoms with Crippen LogP contribution in [0.5, 0.6) is 11.5 Å². The predicted octanol–water partition coefficient (Wildman–Crippen LogP) is 6.32. The highest BCUT2D eigenvalue weighted by Gasteiger charge is 2.17. The summed E-state index contributed by atoms with van der Waals surface area (Å²) in [5.41, 5.74) is 1.09. The Bertz CT molecular complexity index is 1330. The van der Waals surface area contributed by atoms with Crippen molar-refractivity contribution in [1.82, 2.24) is 0 Å². The number of nitriles is 1. The second-order valence-corrected chi connectivity index (χ2v) is 8.38. The summed E-state index contributed by atoms with van der Waals surface area (Å²) in [6.45, 7) is 2.39. The zero-order valence-electron chi connectivity index (χ0n) is 18.5. The van der Waals surface area contributed by atoms with Gasteiger partial charge in [-0.25, -0.2) is 4.79 Å². The first kappa shape index (κ1) is 25.8. The van der Waals surface area contributed by atoms with Crippen LogP contribution in [0.3, 0.4) is 0 Å². The predicted molar refractivity (Wildman–Crippen MR) is 137 cm³/mol. The van der Waals surface area contributed by atoms with Gasteiger partial charge in [0.05, 0.1) is 22.3 Å². The Kier molecular flexibility index (Phi) is 8.90. The minimum absolute atomic E-state index is 0.0838. The SMILES string of the molecule is CCOc1cc(/C=C(\C#N)C(=O)Nc2ccccc2C(=O)O)cc(Br)c1OCc1ccccc1Cl. The Balaban J connectivity index is 1.88. The van der Waals surface area contributed by atoms with Gasteiger partial charge < -0.3 is 19.9 Å². The van der Waals surface area contributed by atoms with Gasteiger partial charge in [-0.15, -0.1) is 0 Å². The Morgan fingerprint density at radius 3 is 2.54 bits per heavy atom. The van der Waals surface area contributed by atoms with Crippen molar-refractivity contribution in [2.45, 2.75) is 13.5 Å². The molecule has 0 saturated carbocycles. The van der Waals surface area contributed by atoms with E-state index >= 15 is 0 Å². The molecule has 35 heavy (non-hydrogen) atoms. The summed E-state index contributed by atoms with van der Waals surface area (Å²) in [5.74, 6) is -1.08. The average Bonchev–Trinajstić information content (AvgIpc) is 2.83. The zero-order chi connectivity index (χ0) is 25.4. The molecular weight excluding hydrogens is 536 g/mol. The summed E-state index contributed by atoms with van der Waals surface area (Å²) in [6, 6.07) is 18.4. The maximum absolute atomic E-state index is 12.7. The van der Waals surface area contributed by atoms with Crippen molar-refractivity contribution in [3.05, 3.63) is 92.4 Å². The molecule has 0 aliphatic carbocycles. The van der Waals surface area contributed by atoms with Gasteiger partial charge in [0.2, 0.25) is 0 Å². The van der Waals surface area contributed by atoms with Crippen LogP contribution in [0.2, 0.25) is 5.02 Å². The Labute approximate surface area is 215 Å². The number of nitrogens with one attached hydrogen (secondary N) is 1. The molecule has 1 amide bonds. The molecule has 0 unspecified atom stereocenters. The summed E-state index contributed by atoms with van der Waals surface area (Å²) in [4.78, 5) is 24.1. The number of amides is 1. The number of rotatable bonds is 9. The van der Waals surface area contributed by atoms with Gasteiger partial charge in [-0.2, -0.15) is 5.26 Å². The molecule has 0 atom stereocenters. The highest BCUT2D eigenvalue weighted by Crippen LogP contribution is 2.38. The minimum Gasteiger partial charge on any atom is -0.490 e. The van der Waals surface area contributed by atoms with Gasteiger partial charge in [0.15, 0.2) is 11.5 Å². The monoisotopic (exact) mass is 554 g/mol. The van der Waals surface area contributed by atoms with Crippen molar-refractivity contribution in [2.24, 2.45) is 0 Å². The van der Waals surface area contributed by atoms with Gasteiger partial charge in [0.25, 0.3) is 5.91 Å². The molecule has 7 nitrogen and oxygen atoms in total. The zero-order valence-corrected chi connectivity index (χ0v) is 20.9. The lowest BCUT2D eigenvalue weighted by atomic mass is 10.1. The molecule has 0 aliphatic rings. The third-order valence-corrected chi connectivity index (χ3v) is 5.70. The molecule has 178 valence electrons. The van der Waals surface area contributed by atoms with E-state index in [1.54, 1.807) is 30.3 Å². The van der Waals surface area contributed by atoms with Crippen LogP contribution in [0.4, 0.5) is 5.69 Å². The van der Waals surface area contributed by atoms with Crippen LogP contribution in [-0.2, 0) is 11.4 Å². The smallest absolute Gasteiger partial charge is 0.337 e. The normalized spacial score (nSPS) is 10.9. The molecule has 0 aromatic heterocycles. The lowest BCUT2D eigenvalue weighted by Gasteiger charge is -2.15. The summed E-state index contributed by atoms with van der Waals surface area (Å²) < 4.78 is 12.2. The number of carbonyl (C=O) groups excluding carboxylic acids is 1. The van der Waals surface area contributed by atoms with Crippen molar-refractivity contribution in [2.75, 3.05) is 11.9 Å². The van der Waals surface area contributed by atoms with Crippen LogP contribution >= 0.6 is 27.5 Å². The van der Waals surface area contributed by atoms with Gasteiger partial charge in [-0.05, 0) is 64.8 Å². The summed E-state index contributed by atoms with van der Waals surface area (Å²) in [5, 5.41) is 21.9. The summed E-state index contributed by atoms with van der Waals surface area (Å²) in [6.07, 6.45) is 1.38. The third-order valence-electron chi connectivity index (χ3n) is 4.74. The quantitative estimate of drug-likeness (QED) is 0.236. The molecule has 3 rings (SSSR count). The minimum atomic E-state index is -1.19. The van der Waals surface area contributed by atoms with E-state index in [2.05, 4.69) is 21.2 Å². The molecule has 2 N–H and O–H groups in total. The van der Waals surface area contributed by atoms with E-state index in [9.17, 15) is 20.0 Å². The van der Waals surface area contributed by atoms with E-state index in [1.165, 1.54) is 18.2 Å². The Morgan fingerprint density at radius 2 is 1.86 bits per heavy atom. The number of ether oxygens (including phenoxy) is 2. The number of hydrogen-bond acceptors (Lipinski definition) is 5. The van der Waals surface area contributed by atoms with E-state index in [4.69, 9.17) is 21.1 Å². The fraction of sp³-hybridized carbons (Fsp3) is 0.115. The Morgan fingerprint density at radius 1 is 1.14 bits per heavy atom. The summed E-state index contributed by atoms with van der Waals surface area (Å²) >= 11 is 9.68. The fourth-order valence-electron chi connectivity index (χ4n) is 3.12. The number of carbonyl (C=O) groups is 2. The van der Waals surface area contributed by atoms with Gasteiger partial charge in [0.1, 0.15) is 18.2 Å². The van der Waals surface area contributed by atoms with Crippen LogP contribution in [0.1, 0.15) is 28.4 Å². The van der Waals surface area contributed by atoms with E-state index in [0.717, 1.165) is 5.56 Å². The van der Waals surface area contributed by atoms with Crippen LogP contribution < -0.4 is 14.8 Å². The van der Waals surface area contributed by atoms with E-state index in [0.29, 0.717) is 33.2 Å². The molecule has 3 aromatic rings. The molecule has 0 heterocycles. The number of carboxylic acids is 1. The highest BCUT2D eigenvalue weighted by molar-refractivity contribution is 9.10. The average molecular weight is 556 g/mol. The van der Waals surface area contributed by atoms with Gasteiger partial charge in [0, 0.05) is 10.6 Å². The van der Waals surface area contributed by atoms with Gasteiger partial charge >= 0.3 is 5.97 Å². The number of aromatic carboxylic acids is 1. The second-order valence-electron chi connectivity index (χ2n) is 7.12.